The molecule has 21 heavy (non-hydrogen) atoms. The molecule has 1 aromatic carbocycles. The Morgan fingerprint density at radius 2 is 2.00 bits per heavy atom. The van der Waals surface area contributed by atoms with Crippen molar-refractivity contribution in [2.45, 2.75) is 13.3 Å². The molecule has 110 valence electrons. The lowest BCUT2D eigenvalue weighted by Gasteiger charge is -2.08. The molecule has 0 unspecified atom stereocenters. The summed E-state index contributed by atoms with van der Waals surface area (Å²) in [5.74, 6) is 0.401. The molecule has 0 atom stereocenters. The van der Waals surface area contributed by atoms with Gasteiger partial charge in [0.25, 0.3) is 0 Å². The number of ether oxygens (including phenoxy) is 2. The summed E-state index contributed by atoms with van der Waals surface area (Å²) in [6.07, 6.45) is 2.16. The van der Waals surface area contributed by atoms with Crippen LogP contribution in [0, 0.1) is 6.92 Å². The van der Waals surface area contributed by atoms with Gasteiger partial charge in [0.15, 0.2) is 0 Å². The predicted molar refractivity (Wildman–Crippen MR) is 80.4 cm³/mol. The Labute approximate surface area is 123 Å². The highest BCUT2D eigenvalue weighted by Crippen LogP contribution is 2.13. The number of pyridine rings is 1. The standard InChI is InChI=1S/C16H18N2O3/c1-11-15(9-13(17)10-18-11)16(19)21-8-7-12-3-5-14(20-2)6-4-12/h3-6,9-10H,7-8,17H2,1-2H3. The summed E-state index contributed by atoms with van der Waals surface area (Å²) in [6, 6.07) is 9.23. The van der Waals surface area contributed by atoms with E-state index >= 15 is 0 Å². The zero-order valence-corrected chi connectivity index (χ0v) is 12.1. The Balaban J connectivity index is 1.90. The first-order chi connectivity index (χ1) is 10.1. The molecule has 0 saturated heterocycles. The second-order valence-corrected chi connectivity index (χ2v) is 4.64. The molecule has 1 aromatic heterocycles. The highest BCUT2D eigenvalue weighted by atomic mass is 16.5. The van der Waals surface area contributed by atoms with Crippen molar-refractivity contribution < 1.29 is 14.3 Å². The van der Waals surface area contributed by atoms with Crippen LogP contribution in [-0.2, 0) is 11.2 Å². The largest absolute Gasteiger partial charge is 0.497 e. The van der Waals surface area contributed by atoms with Gasteiger partial charge >= 0.3 is 5.97 Å². The Kier molecular flexibility index (Phi) is 4.77. The van der Waals surface area contributed by atoms with E-state index in [1.165, 1.54) is 6.20 Å². The van der Waals surface area contributed by atoms with Crippen LogP contribution in [0.4, 0.5) is 5.69 Å². The fourth-order valence-electron chi connectivity index (χ4n) is 1.89. The third-order valence-electron chi connectivity index (χ3n) is 3.11. The van der Waals surface area contributed by atoms with E-state index in [2.05, 4.69) is 4.98 Å². The number of methoxy groups -OCH3 is 1. The van der Waals surface area contributed by atoms with Gasteiger partial charge in [0.05, 0.1) is 36.9 Å². The van der Waals surface area contributed by atoms with Gasteiger partial charge in [-0.2, -0.15) is 0 Å². The Hall–Kier alpha value is -2.56. The summed E-state index contributed by atoms with van der Waals surface area (Å²) >= 11 is 0. The van der Waals surface area contributed by atoms with Crippen molar-refractivity contribution in [2.75, 3.05) is 19.5 Å². The van der Waals surface area contributed by atoms with Crippen molar-refractivity contribution in [3.8, 4) is 5.75 Å². The third kappa shape index (κ3) is 3.95. The van der Waals surface area contributed by atoms with E-state index in [9.17, 15) is 4.79 Å². The number of carbonyl (C=O) groups is 1. The molecular formula is C16H18N2O3. The average molecular weight is 286 g/mol. The van der Waals surface area contributed by atoms with Crippen LogP contribution in [0.5, 0.6) is 5.75 Å². The Bertz CT molecular complexity index is 624. The van der Waals surface area contributed by atoms with Gasteiger partial charge in [-0.25, -0.2) is 4.79 Å². The quantitative estimate of drug-likeness (QED) is 0.854. The van der Waals surface area contributed by atoms with Crippen molar-refractivity contribution in [3.63, 3.8) is 0 Å². The van der Waals surface area contributed by atoms with Gasteiger partial charge in [0, 0.05) is 6.42 Å². The van der Waals surface area contributed by atoms with Gasteiger partial charge in [-0.15, -0.1) is 0 Å². The van der Waals surface area contributed by atoms with Gasteiger partial charge < -0.3 is 15.2 Å². The van der Waals surface area contributed by atoms with E-state index in [0.717, 1.165) is 11.3 Å². The molecule has 2 rings (SSSR count). The summed E-state index contributed by atoms with van der Waals surface area (Å²) in [5.41, 5.74) is 8.17. The Morgan fingerprint density at radius 1 is 1.29 bits per heavy atom. The second-order valence-electron chi connectivity index (χ2n) is 4.64. The first-order valence-corrected chi connectivity index (χ1v) is 6.62. The number of nitrogens with zero attached hydrogens (tertiary/aromatic N) is 1. The maximum absolute atomic E-state index is 12.0. The Morgan fingerprint density at radius 3 is 2.67 bits per heavy atom. The summed E-state index contributed by atoms with van der Waals surface area (Å²) < 4.78 is 10.3. The molecular weight excluding hydrogens is 268 g/mol. The summed E-state index contributed by atoms with van der Waals surface area (Å²) in [6.45, 7) is 2.05. The van der Waals surface area contributed by atoms with Crippen molar-refractivity contribution in [1.29, 1.82) is 0 Å². The van der Waals surface area contributed by atoms with Gasteiger partial charge in [-0.1, -0.05) is 12.1 Å². The highest BCUT2D eigenvalue weighted by Gasteiger charge is 2.11. The number of aryl methyl sites for hydroxylation is 1. The van der Waals surface area contributed by atoms with E-state index in [1.807, 2.05) is 24.3 Å². The lowest BCUT2D eigenvalue weighted by atomic mass is 10.1. The van der Waals surface area contributed by atoms with E-state index in [0.29, 0.717) is 30.0 Å². The molecule has 0 spiro atoms. The first kappa shape index (κ1) is 14.8. The predicted octanol–water partition coefficient (Wildman–Crippen LogP) is 2.38. The molecule has 0 aliphatic heterocycles. The first-order valence-electron chi connectivity index (χ1n) is 6.62. The van der Waals surface area contributed by atoms with Crippen LogP contribution in [0.2, 0.25) is 0 Å². The van der Waals surface area contributed by atoms with Crippen LogP contribution < -0.4 is 10.5 Å². The number of carbonyl (C=O) groups excluding carboxylic acids is 1. The lowest BCUT2D eigenvalue weighted by molar-refractivity contribution is 0.0508. The second kappa shape index (κ2) is 6.74. The van der Waals surface area contributed by atoms with Crippen molar-refractivity contribution in [3.05, 3.63) is 53.3 Å². The van der Waals surface area contributed by atoms with Crippen LogP contribution in [0.15, 0.2) is 36.5 Å². The zero-order chi connectivity index (χ0) is 15.2. The van der Waals surface area contributed by atoms with Gasteiger partial charge in [-0.05, 0) is 30.7 Å². The van der Waals surface area contributed by atoms with Crippen molar-refractivity contribution in [2.24, 2.45) is 0 Å². The van der Waals surface area contributed by atoms with Crippen LogP contribution in [-0.4, -0.2) is 24.7 Å². The number of rotatable bonds is 5. The highest BCUT2D eigenvalue weighted by molar-refractivity contribution is 5.91. The summed E-state index contributed by atoms with van der Waals surface area (Å²) in [5, 5.41) is 0. The van der Waals surface area contributed by atoms with Gasteiger partial charge in [0.1, 0.15) is 5.75 Å². The SMILES string of the molecule is COc1ccc(CCOC(=O)c2cc(N)cnc2C)cc1. The average Bonchev–Trinajstić information content (AvgIpc) is 2.50. The fraction of sp³-hybridized carbons (Fsp3) is 0.250. The van der Waals surface area contributed by atoms with Gasteiger partial charge in [-0.3, -0.25) is 4.98 Å². The minimum absolute atomic E-state index is 0.305. The van der Waals surface area contributed by atoms with Gasteiger partial charge in [0.2, 0.25) is 0 Å². The molecule has 2 N–H and O–H groups in total. The number of anilines is 1. The number of nitrogens with two attached hydrogens (primary N) is 1. The number of benzene rings is 1. The third-order valence-corrected chi connectivity index (χ3v) is 3.11. The molecule has 0 saturated carbocycles. The van der Waals surface area contributed by atoms with E-state index < -0.39 is 5.97 Å². The summed E-state index contributed by atoms with van der Waals surface area (Å²) in [7, 11) is 1.62. The fourth-order valence-corrected chi connectivity index (χ4v) is 1.89. The summed E-state index contributed by atoms with van der Waals surface area (Å²) in [4.78, 5) is 16.0. The normalized spacial score (nSPS) is 10.2. The number of esters is 1. The molecule has 5 nitrogen and oxygen atoms in total. The number of hydrogen-bond donors (Lipinski definition) is 1. The monoisotopic (exact) mass is 286 g/mol. The molecule has 0 radical (unpaired) electrons. The van der Waals surface area contributed by atoms with Crippen LogP contribution >= 0.6 is 0 Å². The molecule has 1 heterocycles. The molecule has 0 fully saturated rings. The van der Waals surface area contributed by atoms with Crippen LogP contribution in [0.1, 0.15) is 21.6 Å². The van der Waals surface area contributed by atoms with Crippen LogP contribution in [0.25, 0.3) is 0 Å². The van der Waals surface area contributed by atoms with Crippen molar-refractivity contribution in [1.82, 2.24) is 4.98 Å². The molecule has 2 aromatic rings. The molecule has 0 amide bonds. The van der Waals surface area contributed by atoms with E-state index in [1.54, 1.807) is 20.1 Å². The van der Waals surface area contributed by atoms with E-state index in [4.69, 9.17) is 15.2 Å². The molecule has 0 aliphatic carbocycles. The van der Waals surface area contributed by atoms with E-state index in [-0.39, 0.29) is 0 Å². The molecule has 0 aliphatic rings. The topological polar surface area (TPSA) is 74.4 Å². The maximum atomic E-state index is 12.0. The molecule has 0 bridgehead atoms. The maximum Gasteiger partial charge on any atom is 0.340 e. The molecule has 5 heteroatoms. The number of hydrogen-bond acceptors (Lipinski definition) is 5. The minimum atomic E-state index is -0.402. The zero-order valence-electron chi connectivity index (χ0n) is 12.1. The van der Waals surface area contributed by atoms with Crippen LogP contribution in [0.3, 0.4) is 0 Å². The lowest BCUT2D eigenvalue weighted by Crippen LogP contribution is -2.11. The minimum Gasteiger partial charge on any atom is -0.497 e. The number of nitrogen functional groups attached to an aromatic ring is 1. The van der Waals surface area contributed by atoms with Crippen molar-refractivity contribution >= 4 is 11.7 Å². The number of aromatic nitrogens is 1. The smallest absolute Gasteiger partial charge is 0.340 e.